The first kappa shape index (κ1) is 17.1. The lowest BCUT2D eigenvalue weighted by Crippen LogP contribution is -2.17. The maximum Gasteiger partial charge on any atom is 0.235 e. The number of hydrogen-bond donors (Lipinski definition) is 0. The molecular weight excluding hydrogens is 368 g/mol. The van der Waals surface area contributed by atoms with E-state index >= 15 is 0 Å². The Bertz CT molecular complexity index is 1160. The highest BCUT2D eigenvalue weighted by atomic mass is 35.5. The Labute approximate surface area is 158 Å². The van der Waals surface area contributed by atoms with Crippen molar-refractivity contribution in [3.8, 4) is 17.3 Å². The summed E-state index contributed by atoms with van der Waals surface area (Å²) in [6.45, 7) is -0.321. The van der Waals surface area contributed by atoms with Crippen molar-refractivity contribution >= 4 is 28.4 Å². The molecule has 0 aliphatic carbocycles. The minimum atomic E-state index is -0.368. The van der Waals surface area contributed by atoms with E-state index in [-0.39, 0.29) is 29.3 Å². The topological polar surface area (TPSA) is 69.7 Å². The summed E-state index contributed by atoms with van der Waals surface area (Å²) in [4.78, 5) is 25.3. The van der Waals surface area contributed by atoms with Gasteiger partial charge in [0.1, 0.15) is 5.58 Å². The monoisotopic (exact) mass is 380 g/mol. The molecule has 0 saturated carbocycles. The van der Waals surface area contributed by atoms with Gasteiger partial charge in [0.2, 0.25) is 16.9 Å². The lowest BCUT2D eigenvalue weighted by molar-refractivity contribution is 0.0920. The van der Waals surface area contributed by atoms with E-state index in [2.05, 4.69) is 0 Å². The molecule has 0 atom stereocenters. The van der Waals surface area contributed by atoms with Gasteiger partial charge in [-0.25, -0.2) is 0 Å². The van der Waals surface area contributed by atoms with Crippen molar-refractivity contribution in [3.63, 3.8) is 0 Å². The molecule has 0 unspecified atom stereocenters. The summed E-state index contributed by atoms with van der Waals surface area (Å²) in [5.74, 6) is 0.134. The molecule has 2 heterocycles. The fourth-order valence-corrected chi connectivity index (χ4v) is 2.81. The van der Waals surface area contributed by atoms with E-state index < -0.39 is 0 Å². The molecule has 4 aromatic rings. The van der Waals surface area contributed by atoms with Gasteiger partial charge in [0.15, 0.2) is 18.2 Å². The van der Waals surface area contributed by atoms with Crippen LogP contribution in [-0.4, -0.2) is 12.4 Å². The molecule has 2 aromatic heterocycles. The molecule has 134 valence electrons. The first-order valence-corrected chi connectivity index (χ1v) is 8.52. The predicted octanol–water partition coefficient (Wildman–Crippen LogP) is 4.97. The van der Waals surface area contributed by atoms with Crippen LogP contribution in [0.4, 0.5) is 0 Å². The van der Waals surface area contributed by atoms with Crippen LogP contribution in [0, 0.1) is 0 Å². The molecule has 0 aliphatic heterocycles. The first-order chi connectivity index (χ1) is 13.1. The van der Waals surface area contributed by atoms with Gasteiger partial charge < -0.3 is 13.6 Å². The molecule has 0 fully saturated rings. The highest BCUT2D eigenvalue weighted by Crippen LogP contribution is 2.31. The fraction of sp³-hybridized carbons (Fsp3) is 0.0476. The van der Waals surface area contributed by atoms with Gasteiger partial charge in [-0.2, -0.15) is 0 Å². The minimum Gasteiger partial charge on any atom is -0.478 e. The summed E-state index contributed by atoms with van der Waals surface area (Å²) in [5.41, 5.74) is 0.474. The van der Waals surface area contributed by atoms with Crippen molar-refractivity contribution in [2.24, 2.45) is 0 Å². The van der Waals surface area contributed by atoms with E-state index in [4.69, 9.17) is 25.2 Å². The van der Waals surface area contributed by atoms with Crippen LogP contribution < -0.4 is 10.2 Å². The summed E-state index contributed by atoms with van der Waals surface area (Å²) >= 11 is 5.84. The van der Waals surface area contributed by atoms with Crippen LogP contribution in [0.3, 0.4) is 0 Å². The molecule has 27 heavy (non-hydrogen) atoms. The smallest absolute Gasteiger partial charge is 0.235 e. The van der Waals surface area contributed by atoms with Crippen molar-refractivity contribution in [3.05, 3.63) is 87.7 Å². The number of rotatable bonds is 5. The van der Waals surface area contributed by atoms with E-state index in [1.165, 1.54) is 6.26 Å². The summed E-state index contributed by atoms with van der Waals surface area (Å²) in [6, 6.07) is 16.6. The summed E-state index contributed by atoms with van der Waals surface area (Å²) in [7, 11) is 0. The average molecular weight is 381 g/mol. The molecule has 4 rings (SSSR count). The van der Waals surface area contributed by atoms with Gasteiger partial charge in [0.25, 0.3) is 0 Å². The molecular formula is C21H13ClO5. The van der Waals surface area contributed by atoms with Crippen LogP contribution in [0.25, 0.3) is 22.5 Å². The second-order valence-electron chi connectivity index (χ2n) is 5.78. The van der Waals surface area contributed by atoms with E-state index in [0.717, 1.165) is 0 Å². The van der Waals surface area contributed by atoms with Crippen LogP contribution in [0.5, 0.6) is 5.75 Å². The van der Waals surface area contributed by atoms with Gasteiger partial charge in [0.05, 0.1) is 11.6 Å². The number of furan rings is 1. The Hall–Kier alpha value is -3.31. The van der Waals surface area contributed by atoms with Crippen LogP contribution in [0.1, 0.15) is 10.4 Å². The fourth-order valence-electron chi connectivity index (χ4n) is 2.68. The Morgan fingerprint density at radius 1 is 1.00 bits per heavy atom. The van der Waals surface area contributed by atoms with E-state index in [9.17, 15) is 9.59 Å². The predicted molar refractivity (Wildman–Crippen MR) is 101 cm³/mol. The Morgan fingerprint density at radius 3 is 2.52 bits per heavy atom. The Balaban J connectivity index is 1.72. The third kappa shape index (κ3) is 3.37. The lowest BCUT2D eigenvalue weighted by Gasteiger charge is -2.10. The van der Waals surface area contributed by atoms with E-state index in [0.29, 0.717) is 27.3 Å². The van der Waals surface area contributed by atoms with Gasteiger partial charge >= 0.3 is 0 Å². The number of ether oxygens (including phenoxy) is 1. The van der Waals surface area contributed by atoms with Gasteiger partial charge in [-0.05, 0) is 48.5 Å². The Kier molecular flexibility index (Phi) is 4.52. The largest absolute Gasteiger partial charge is 0.478 e. The first-order valence-electron chi connectivity index (χ1n) is 8.15. The molecule has 0 saturated heterocycles. The molecule has 2 aromatic carbocycles. The zero-order valence-corrected chi connectivity index (χ0v) is 14.7. The van der Waals surface area contributed by atoms with Gasteiger partial charge in [-0.3, -0.25) is 9.59 Å². The molecule has 0 bridgehead atoms. The zero-order chi connectivity index (χ0) is 18.8. The van der Waals surface area contributed by atoms with Crippen LogP contribution in [-0.2, 0) is 0 Å². The number of fused-ring (bicyclic) bond motifs is 1. The molecule has 0 aliphatic rings. The van der Waals surface area contributed by atoms with Crippen LogP contribution >= 0.6 is 11.6 Å². The second kappa shape index (κ2) is 7.13. The van der Waals surface area contributed by atoms with Gasteiger partial charge in [-0.15, -0.1) is 0 Å². The molecule has 0 spiro atoms. The number of halogens is 1. The maximum absolute atomic E-state index is 12.9. The van der Waals surface area contributed by atoms with Crippen LogP contribution in [0.15, 0.2) is 80.6 Å². The van der Waals surface area contributed by atoms with Crippen molar-refractivity contribution in [1.82, 2.24) is 0 Å². The van der Waals surface area contributed by atoms with Gasteiger partial charge in [0, 0.05) is 10.6 Å². The number of para-hydroxylation sites is 1. The summed E-state index contributed by atoms with van der Waals surface area (Å²) in [6.07, 6.45) is 1.47. The highest BCUT2D eigenvalue weighted by molar-refractivity contribution is 6.30. The number of ketones is 1. The summed E-state index contributed by atoms with van der Waals surface area (Å²) < 4.78 is 16.8. The maximum atomic E-state index is 12.9. The van der Waals surface area contributed by atoms with Crippen molar-refractivity contribution < 1.29 is 18.4 Å². The van der Waals surface area contributed by atoms with Crippen molar-refractivity contribution in [1.29, 1.82) is 0 Å². The average Bonchev–Trinajstić information content (AvgIpc) is 3.22. The summed E-state index contributed by atoms with van der Waals surface area (Å²) in [5, 5.41) is 0.893. The number of Topliss-reactive ketones (excluding diaryl/α,β-unsaturated/α-hetero) is 1. The standard InChI is InChI=1S/C21H13ClO5/c22-14-9-7-13(8-10-14)16(23)12-26-21-19(24)15-4-1-2-5-17(15)27-20(21)18-6-3-11-25-18/h1-11H,12H2. The lowest BCUT2D eigenvalue weighted by atomic mass is 10.1. The van der Waals surface area contributed by atoms with Gasteiger partial charge in [-0.1, -0.05) is 23.7 Å². The Morgan fingerprint density at radius 2 is 1.78 bits per heavy atom. The quantitative estimate of drug-likeness (QED) is 0.457. The van der Waals surface area contributed by atoms with E-state index in [1.807, 2.05) is 0 Å². The van der Waals surface area contributed by atoms with Crippen molar-refractivity contribution in [2.45, 2.75) is 0 Å². The van der Waals surface area contributed by atoms with E-state index in [1.54, 1.807) is 60.7 Å². The number of hydrogen-bond acceptors (Lipinski definition) is 5. The molecule has 5 nitrogen and oxygen atoms in total. The number of carbonyl (C=O) groups excluding carboxylic acids is 1. The zero-order valence-electron chi connectivity index (χ0n) is 14.0. The minimum absolute atomic E-state index is 0.0639. The normalized spacial score (nSPS) is 10.9. The van der Waals surface area contributed by atoms with Crippen molar-refractivity contribution in [2.75, 3.05) is 6.61 Å². The number of benzene rings is 2. The molecule has 0 radical (unpaired) electrons. The molecule has 6 heteroatoms. The highest BCUT2D eigenvalue weighted by Gasteiger charge is 2.20. The molecule has 0 N–H and O–H groups in total. The third-order valence-electron chi connectivity index (χ3n) is 4.01. The second-order valence-corrected chi connectivity index (χ2v) is 6.22. The number of carbonyl (C=O) groups is 1. The molecule has 0 amide bonds. The van der Waals surface area contributed by atoms with Crippen LogP contribution in [0.2, 0.25) is 5.02 Å². The SMILES string of the molecule is O=C(COc1c(-c2ccco2)oc2ccccc2c1=O)c1ccc(Cl)cc1. The third-order valence-corrected chi connectivity index (χ3v) is 4.27.